The van der Waals surface area contributed by atoms with Crippen LogP contribution >= 0.6 is 0 Å². The van der Waals surface area contributed by atoms with Gasteiger partial charge in [0.2, 0.25) is 0 Å². The molecule has 0 amide bonds. The zero-order valence-corrected chi connectivity index (χ0v) is 8.73. The lowest BCUT2D eigenvalue weighted by Gasteiger charge is -2.05. The van der Waals surface area contributed by atoms with Crippen LogP contribution in [0.15, 0.2) is 23.0 Å². The highest BCUT2D eigenvalue weighted by atomic mass is 19.1. The Morgan fingerprint density at radius 3 is 2.80 bits per heavy atom. The van der Waals surface area contributed by atoms with Crippen molar-refractivity contribution in [1.29, 1.82) is 0 Å². The Morgan fingerprint density at radius 2 is 2.13 bits per heavy atom. The van der Waals surface area contributed by atoms with Gasteiger partial charge in [0.15, 0.2) is 5.43 Å². The number of aromatic nitrogens is 1. The molecule has 78 valence electrons. The average molecular weight is 205 g/mol. The number of H-pyrrole nitrogens is 1. The maximum atomic E-state index is 13.3. The Balaban J connectivity index is 2.93. The van der Waals surface area contributed by atoms with E-state index in [-0.39, 0.29) is 11.2 Å². The normalized spacial score (nSPS) is 10.9. The Kier molecular flexibility index (Phi) is 2.31. The van der Waals surface area contributed by atoms with E-state index in [1.165, 1.54) is 12.1 Å². The molecule has 0 unspecified atom stereocenters. The second-order valence-corrected chi connectivity index (χ2v) is 3.61. The Bertz CT molecular complexity index is 572. The zero-order chi connectivity index (χ0) is 11.0. The summed E-state index contributed by atoms with van der Waals surface area (Å²) in [5.41, 5.74) is 1.89. The van der Waals surface area contributed by atoms with Crippen LogP contribution in [0.4, 0.5) is 4.39 Å². The van der Waals surface area contributed by atoms with Crippen molar-refractivity contribution in [1.82, 2.24) is 4.98 Å². The summed E-state index contributed by atoms with van der Waals surface area (Å²) in [7, 11) is 0. The number of halogens is 1. The van der Waals surface area contributed by atoms with Crippen LogP contribution in [0.2, 0.25) is 0 Å². The number of aromatic amines is 1. The van der Waals surface area contributed by atoms with E-state index in [0.717, 1.165) is 12.1 Å². The van der Waals surface area contributed by atoms with Gasteiger partial charge in [-0.2, -0.15) is 0 Å². The van der Waals surface area contributed by atoms with E-state index in [1.807, 2.05) is 6.92 Å². The molecule has 0 spiro atoms. The van der Waals surface area contributed by atoms with Gasteiger partial charge < -0.3 is 4.98 Å². The van der Waals surface area contributed by atoms with Gasteiger partial charge in [-0.05, 0) is 25.5 Å². The van der Waals surface area contributed by atoms with Crippen LogP contribution in [0.25, 0.3) is 10.9 Å². The van der Waals surface area contributed by atoms with Crippen molar-refractivity contribution < 1.29 is 4.39 Å². The zero-order valence-electron chi connectivity index (χ0n) is 8.73. The third kappa shape index (κ3) is 1.54. The fraction of sp³-hybridized carbons (Fsp3) is 0.250. The summed E-state index contributed by atoms with van der Waals surface area (Å²) < 4.78 is 13.3. The number of aryl methyl sites for hydroxylation is 2. The monoisotopic (exact) mass is 205 g/mol. The number of hydrogen-bond acceptors (Lipinski definition) is 1. The number of rotatable bonds is 1. The van der Waals surface area contributed by atoms with Crippen LogP contribution in [0, 0.1) is 12.7 Å². The predicted octanol–water partition coefficient (Wildman–Crippen LogP) is 2.54. The topological polar surface area (TPSA) is 32.9 Å². The quantitative estimate of drug-likeness (QED) is 0.762. The molecule has 0 fully saturated rings. The van der Waals surface area contributed by atoms with Gasteiger partial charge in [-0.3, -0.25) is 4.79 Å². The van der Waals surface area contributed by atoms with E-state index < -0.39 is 0 Å². The second kappa shape index (κ2) is 3.50. The van der Waals surface area contributed by atoms with Gasteiger partial charge in [0, 0.05) is 22.7 Å². The number of pyridine rings is 1. The maximum Gasteiger partial charge on any atom is 0.189 e. The Hall–Kier alpha value is -1.64. The molecular formula is C12H12FNO. The SMILES string of the molecule is CCc1cc(=O)c2ccc(F)c(C)c2[nH]1. The van der Waals surface area contributed by atoms with E-state index in [4.69, 9.17) is 0 Å². The minimum Gasteiger partial charge on any atom is -0.358 e. The lowest BCUT2D eigenvalue weighted by Crippen LogP contribution is -2.06. The smallest absolute Gasteiger partial charge is 0.189 e. The average Bonchev–Trinajstić information content (AvgIpc) is 2.23. The second-order valence-electron chi connectivity index (χ2n) is 3.61. The number of benzene rings is 1. The minimum absolute atomic E-state index is 0.0521. The lowest BCUT2D eigenvalue weighted by atomic mass is 10.1. The molecular weight excluding hydrogens is 193 g/mol. The summed E-state index contributed by atoms with van der Waals surface area (Å²) in [6.07, 6.45) is 0.737. The molecule has 2 rings (SSSR count). The standard InChI is InChI=1S/C12H12FNO/c1-3-8-6-11(15)9-4-5-10(13)7(2)12(9)14-8/h4-6H,3H2,1-2H3,(H,14,15). The minimum atomic E-state index is -0.286. The van der Waals surface area contributed by atoms with Crippen molar-refractivity contribution >= 4 is 10.9 Å². The van der Waals surface area contributed by atoms with Gasteiger partial charge in [-0.15, -0.1) is 0 Å². The van der Waals surface area contributed by atoms with Crippen LogP contribution in [0.5, 0.6) is 0 Å². The van der Waals surface area contributed by atoms with E-state index in [9.17, 15) is 9.18 Å². The third-order valence-corrected chi connectivity index (χ3v) is 2.64. The molecule has 1 aromatic carbocycles. The van der Waals surface area contributed by atoms with Crippen LogP contribution in [0.1, 0.15) is 18.2 Å². The summed E-state index contributed by atoms with van der Waals surface area (Å²) in [4.78, 5) is 14.8. The summed E-state index contributed by atoms with van der Waals surface area (Å²) in [6, 6.07) is 4.42. The van der Waals surface area contributed by atoms with Crippen molar-refractivity contribution in [2.24, 2.45) is 0 Å². The molecule has 1 N–H and O–H groups in total. The van der Waals surface area contributed by atoms with Crippen molar-refractivity contribution in [3.63, 3.8) is 0 Å². The number of nitrogens with one attached hydrogen (secondary N) is 1. The Labute approximate surface area is 86.8 Å². The Morgan fingerprint density at radius 1 is 1.40 bits per heavy atom. The van der Waals surface area contributed by atoms with Gasteiger partial charge in [0.05, 0.1) is 5.52 Å². The van der Waals surface area contributed by atoms with Crippen molar-refractivity contribution in [2.45, 2.75) is 20.3 Å². The third-order valence-electron chi connectivity index (χ3n) is 2.64. The largest absolute Gasteiger partial charge is 0.358 e. The molecule has 0 aliphatic heterocycles. The fourth-order valence-corrected chi connectivity index (χ4v) is 1.68. The van der Waals surface area contributed by atoms with E-state index in [0.29, 0.717) is 16.5 Å². The highest BCUT2D eigenvalue weighted by Crippen LogP contribution is 2.16. The molecule has 2 aromatic rings. The van der Waals surface area contributed by atoms with Gasteiger partial charge in [0.1, 0.15) is 5.82 Å². The molecule has 0 aliphatic carbocycles. The van der Waals surface area contributed by atoms with Crippen molar-refractivity contribution in [3.8, 4) is 0 Å². The molecule has 0 saturated carbocycles. The summed E-state index contributed by atoms with van der Waals surface area (Å²) in [6.45, 7) is 3.62. The van der Waals surface area contributed by atoms with Crippen LogP contribution < -0.4 is 5.43 Å². The van der Waals surface area contributed by atoms with E-state index in [2.05, 4.69) is 4.98 Å². The predicted molar refractivity (Wildman–Crippen MR) is 58.6 cm³/mol. The summed E-state index contributed by atoms with van der Waals surface area (Å²) in [5.74, 6) is -0.286. The van der Waals surface area contributed by atoms with Gasteiger partial charge in [-0.1, -0.05) is 6.92 Å². The first kappa shape index (κ1) is 9.90. The molecule has 2 nitrogen and oxygen atoms in total. The molecule has 3 heteroatoms. The van der Waals surface area contributed by atoms with Crippen molar-refractivity contribution in [2.75, 3.05) is 0 Å². The summed E-state index contributed by atoms with van der Waals surface area (Å²) in [5, 5.41) is 0.547. The summed E-state index contributed by atoms with van der Waals surface area (Å²) >= 11 is 0. The van der Waals surface area contributed by atoms with E-state index in [1.54, 1.807) is 13.0 Å². The molecule has 0 bridgehead atoms. The van der Waals surface area contributed by atoms with Gasteiger partial charge >= 0.3 is 0 Å². The first-order valence-electron chi connectivity index (χ1n) is 4.94. The van der Waals surface area contributed by atoms with Gasteiger partial charge in [-0.25, -0.2) is 4.39 Å². The maximum absolute atomic E-state index is 13.3. The molecule has 0 radical (unpaired) electrons. The number of fused-ring (bicyclic) bond motifs is 1. The van der Waals surface area contributed by atoms with Gasteiger partial charge in [0.25, 0.3) is 0 Å². The highest BCUT2D eigenvalue weighted by molar-refractivity contribution is 5.81. The molecule has 0 saturated heterocycles. The first-order chi connectivity index (χ1) is 7.13. The van der Waals surface area contributed by atoms with Crippen LogP contribution in [0.3, 0.4) is 0 Å². The molecule has 1 heterocycles. The first-order valence-corrected chi connectivity index (χ1v) is 4.94. The molecule has 0 atom stereocenters. The molecule has 0 aliphatic rings. The fourth-order valence-electron chi connectivity index (χ4n) is 1.68. The highest BCUT2D eigenvalue weighted by Gasteiger charge is 2.06. The lowest BCUT2D eigenvalue weighted by molar-refractivity contribution is 0.620. The van der Waals surface area contributed by atoms with Crippen molar-refractivity contribution in [3.05, 3.63) is 45.5 Å². The molecule has 15 heavy (non-hydrogen) atoms. The molecule has 1 aromatic heterocycles. The van der Waals surface area contributed by atoms with Crippen LogP contribution in [-0.2, 0) is 6.42 Å². The van der Waals surface area contributed by atoms with Crippen LogP contribution in [-0.4, -0.2) is 4.98 Å². The number of hydrogen-bond donors (Lipinski definition) is 1. The van der Waals surface area contributed by atoms with E-state index >= 15 is 0 Å².